The van der Waals surface area contributed by atoms with Gasteiger partial charge in [-0.2, -0.15) is 4.98 Å². The van der Waals surface area contributed by atoms with Crippen LogP contribution in [-0.2, 0) is 5.41 Å². The van der Waals surface area contributed by atoms with Crippen LogP contribution in [0.5, 0.6) is 0 Å². The molecule has 0 N–H and O–H groups in total. The zero-order chi connectivity index (χ0) is 13.3. The number of hydrogen-bond acceptors (Lipinski definition) is 4. The highest BCUT2D eigenvalue weighted by Crippen LogP contribution is 2.21. The summed E-state index contributed by atoms with van der Waals surface area (Å²) in [7, 11) is 0. The number of carbonyl (C=O) groups excluding carboxylic acids is 1. The van der Waals surface area contributed by atoms with Crippen LogP contribution >= 0.6 is 0 Å². The largest absolute Gasteiger partial charge is 0.334 e. The third-order valence-corrected chi connectivity index (χ3v) is 3.22. The number of hydrogen-bond donors (Lipinski definition) is 0. The third-order valence-electron chi connectivity index (χ3n) is 3.22. The van der Waals surface area contributed by atoms with Crippen LogP contribution < -0.4 is 0 Å². The molecule has 1 atom stereocenters. The molecule has 2 rings (SSSR count). The Kier molecular flexibility index (Phi) is 3.41. The number of amides is 1. The number of nitrogens with zero attached hydrogens (tertiary/aromatic N) is 3. The van der Waals surface area contributed by atoms with Crippen molar-refractivity contribution in [3.63, 3.8) is 0 Å². The molecule has 1 fully saturated rings. The van der Waals surface area contributed by atoms with E-state index in [1.165, 1.54) is 6.42 Å². The predicted molar refractivity (Wildman–Crippen MR) is 67.3 cm³/mol. The fourth-order valence-electron chi connectivity index (χ4n) is 2.12. The summed E-state index contributed by atoms with van der Waals surface area (Å²) in [5.41, 5.74) is -0.197. The average molecular weight is 251 g/mol. The number of carbonyl (C=O) groups is 1. The van der Waals surface area contributed by atoms with E-state index in [1.807, 2.05) is 25.7 Å². The van der Waals surface area contributed by atoms with Gasteiger partial charge in [0.1, 0.15) is 0 Å². The van der Waals surface area contributed by atoms with Crippen LogP contribution in [0.15, 0.2) is 4.52 Å². The van der Waals surface area contributed by atoms with Crippen molar-refractivity contribution >= 4 is 5.91 Å². The summed E-state index contributed by atoms with van der Waals surface area (Å²) in [5, 5.41) is 3.89. The van der Waals surface area contributed by atoms with Crippen molar-refractivity contribution in [1.82, 2.24) is 15.0 Å². The van der Waals surface area contributed by atoms with Crippen molar-refractivity contribution in [1.29, 1.82) is 0 Å². The van der Waals surface area contributed by atoms with Gasteiger partial charge >= 0.3 is 11.8 Å². The molecule has 1 aliphatic heterocycles. The van der Waals surface area contributed by atoms with Gasteiger partial charge in [-0.15, -0.1) is 0 Å². The number of likely N-dealkylation sites (tertiary alicyclic amines) is 1. The van der Waals surface area contributed by atoms with E-state index in [0.29, 0.717) is 11.7 Å². The third kappa shape index (κ3) is 2.71. The van der Waals surface area contributed by atoms with Gasteiger partial charge < -0.3 is 9.42 Å². The highest BCUT2D eigenvalue weighted by atomic mass is 16.5. The van der Waals surface area contributed by atoms with Crippen molar-refractivity contribution in [2.24, 2.45) is 5.92 Å². The van der Waals surface area contributed by atoms with Gasteiger partial charge in [-0.25, -0.2) is 0 Å². The van der Waals surface area contributed by atoms with Crippen LogP contribution in [0.4, 0.5) is 0 Å². The molecule has 1 unspecified atom stereocenters. The van der Waals surface area contributed by atoms with Crippen LogP contribution in [0.1, 0.15) is 57.0 Å². The first kappa shape index (κ1) is 13.1. The zero-order valence-corrected chi connectivity index (χ0v) is 11.6. The van der Waals surface area contributed by atoms with Crippen molar-refractivity contribution in [2.45, 2.75) is 46.0 Å². The van der Waals surface area contributed by atoms with Gasteiger partial charge in [-0.3, -0.25) is 4.79 Å². The SMILES string of the molecule is CC1CCCN(C(=O)c2nc(C(C)(C)C)no2)C1. The lowest BCUT2D eigenvalue weighted by atomic mass is 9.96. The second-order valence-electron chi connectivity index (χ2n) is 6.17. The lowest BCUT2D eigenvalue weighted by Crippen LogP contribution is -2.39. The van der Waals surface area contributed by atoms with Gasteiger partial charge in [0, 0.05) is 18.5 Å². The molecule has 100 valence electrons. The van der Waals surface area contributed by atoms with Crippen molar-refractivity contribution in [3.05, 3.63) is 11.7 Å². The maximum absolute atomic E-state index is 12.2. The Morgan fingerprint density at radius 1 is 1.44 bits per heavy atom. The van der Waals surface area contributed by atoms with Gasteiger partial charge in [0.25, 0.3) is 0 Å². The van der Waals surface area contributed by atoms with E-state index >= 15 is 0 Å². The van der Waals surface area contributed by atoms with E-state index < -0.39 is 0 Å². The van der Waals surface area contributed by atoms with Gasteiger partial charge in [-0.1, -0.05) is 32.9 Å². The Morgan fingerprint density at radius 2 is 2.17 bits per heavy atom. The predicted octanol–water partition coefficient (Wildman–Crippen LogP) is 2.24. The first-order valence-corrected chi connectivity index (χ1v) is 6.51. The lowest BCUT2D eigenvalue weighted by Gasteiger charge is -2.29. The second kappa shape index (κ2) is 4.71. The first-order chi connectivity index (χ1) is 8.38. The minimum Gasteiger partial charge on any atom is -0.334 e. The number of piperidine rings is 1. The first-order valence-electron chi connectivity index (χ1n) is 6.51. The summed E-state index contributed by atoms with van der Waals surface area (Å²) in [6, 6.07) is 0. The topological polar surface area (TPSA) is 59.2 Å². The highest BCUT2D eigenvalue weighted by molar-refractivity contribution is 5.89. The molecule has 0 bridgehead atoms. The van der Waals surface area contributed by atoms with E-state index in [1.54, 1.807) is 0 Å². The minimum atomic E-state index is -0.197. The summed E-state index contributed by atoms with van der Waals surface area (Å²) in [5.74, 6) is 1.11. The normalized spacial score (nSPS) is 21.1. The van der Waals surface area contributed by atoms with E-state index in [2.05, 4.69) is 17.1 Å². The standard InChI is InChI=1S/C13H21N3O2/c1-9-6-5-7-16(8-9)11(17)10-14-12(15-18-10)13(2,3)4/h9H,5-8H2,1-4H3. The summed E-state index contributed by atoms with van der Waals surface area (Å²) in [6.45, 7) is 9.72. The molecule has 2 heterocycles. The maximum atomic E-state index is 12.2. The van der Waals surface area contributed by atoms with Crippen LogP contribution in [-0.4, -0.2) is 34.0 Å². The van der Waals surface area contributed by atoms with Crippen LogP contribution in [0, 0.1) is 5.92 Å². The lowest BCUT2D eigenvalue weighted by molar-refractivity contribution is 0.0633. The van der Waals surface area contributed by atoms with E-state index in [4.69, 9.17) is 4.52 Å². The molecule has 1 aromatic heterocycles. The Labute approximate surface area is 108 Å². The second-order valence-corrected chi connectivity index (χ2v) is 6.17. The molecule has 1 aliphatic rings. The van der Waals surface area contributed by atoms with E-state index in [0.717, 1.165) is 19.5 Å². The summed E-state index contributed by atoms with van der Waals surface area (Å²) >= 11 is 0. The molecular formula is C13H21N3O2. The molecule has 0 aromatic carbocycles. The zero-order valence-electron chi connectivity index (χ0n) is 11.6. The molecule has 0 saturated carbocycles. The minimum absolute atomic E-state index is 0.119. The molecule has 18 heavy (non-hydrogen) atoms. The quantitative estimate of drug-likeness (QED) is 0.768. The fourth-order valence-corrected chi connectivity index (χ4v) is 2.12. The molecule has 5 nitrogen and oxygen atoms in total. The fraction of sp³-hybridized carbons (Fsp3) is 0.769. The maximum Gasteiger partial charge on any atom is 0.316 e. The van der Waals surface area contributed by atoms with Crippen LogP contribution in [0.3, 0.4) is 0 Å². The van der Waals surface area contributed by atoms with Gasteiger partial charge in [0.15, 0.2) is 5.82 Å². The molecule has 1 aromatic rings. The summed E-state index contributed by atoms with van der Waals surface area (Å²) in [6.07, 6.45) is 2.23. The Bertz CT molecular complexity index is 434. The van der Waals surface area contributed by atoms with Gasteiger partial charge in [0.05, 0.1) is 0 Å². The smallest absolute Gasteiger partial charge is 0.316 e. The average Bonchev–Trinajstić information content (AvgIpc) is 2.77. The molecule has 1 saturated heterocycles. The Balaban J connectivity index is 2.11. The van der Waals surface area contributed by atoms with Crippen molar-refractivity contribution in [2.75, 3.05) is 13.1 Å². The van der Waals surface area contributed by atoms with E-state index in [-0.39, 0.29) is 17.2 Å². The Hall–Kier alpha value is -1.39. The van der Waals surface area contributed by atoms with Crippen molar-refractivity contribution < 1.29 is 9.32 Å². The van der Waals surface area contributed by atoms with Crippen LogP contribution in [0.25, 0.3) is 0 Å². The summed E-state index contributed by atoms with van der Waals surface area (Å²) in [4.78, 5) is 18.2. The van der Waals surface area contributed by atoms with Crippen molar-refractivity contribution in [3.8, 4) is 0 Å². The van der Waals surface area contributed by atoms with Crippen LogP contribution in [0.2, 0.25) is 0 Å². The van der Waals surface area contributed by atoms with Gasteiger partial charge in [0.2, 0.25) is 0 Å². The molecule has 0 radical (unpaired) electrons. The summed E-state index contributed by atoms with van der Waals surface area (Å²) < 4.78 is 5.09. The Morgan fingerprint density at radius 3 is 2.72 bits per heavy atom. The number of rotatable bonds is 1. The molecule has 5 heteroatoms. The molecule has 0 aliphatic carbocycles. The monoisotopic (exact) mass is 251 g/mol. The highest BCUT2D eigenvalue weighted by Gasteiger charge is 2.28. The molecule has 1 amide bonds. The van der Waals surface area contributed by atoms with E-state index in [9.17, 15) is 4.79 Å². The van der Waals surface area contributed by atoms with Gasteiger partial charge in [-0.05, 0) is 18.8 Å². The molecule has 0 spiro atoms. The number of aromatic nitrogens is 2. The molecular weight excluding hydrogens is 230 g/mol.